The molecule has 0 saturated carbocycles. The Morgan fingerprint density at radius 1 is 1.33 bits per heavy atom. The van der Waals surface area contributed by atoms with Crippen molar-refractivity contribution in [3.05, 3.63) is 44.8 Å². The van der Waals surface area contributed by atoms with Gasteiger partial charge in [-0.05, 0) is 49.4 Å². The minimum absolute atomic E-state index is 0.354. The molecule has 1 aromatic carbocycles. The zero-order chi connectivity index (χ0) is 19.4. The van der Waals surface area contributed by atoms with Crippen molar-refractivity contribution in [2.24, 2.45) is 0 Å². The minimum Gasteiger partial charge on any atom is -0.480 e. The third-order valence-electron chi connectivity index (χ3n) is 4.08. The Morgan fingerprint density at radius 3 is 2.93 bits per heavy atom. The number of fused-ring (bicyclic) bond motifs is 1. The highest BCUT2D eigenvalue weighted by Gasteiger charge is 2.23. The van der Waals surface area contributed by atoms with Gasteiger partial charge < -0.3 is 14.8 Å². The molecule has 6 nitrogen and oxygen atoms in total. The van der Waals surface area contributed by atoms with E-state index in [1.807, 2.05) is 13.0 Å². The topological polar surface area (TPSA) is 88.4 Å². The first-order chi connectivity index (χ1) is 13.0. The second kappa shape index (κ2) is 8.42. The van der Waals surface area contributed by atoms with E-state index in [0.717, 1.165) is 35.3 Å². The van der Waals surface area contributed by atoms with Crippen molar-refractivity contribution in [2.75, 3.05) is 18.5 Å². The number of ether oxygens (including phenoxy) is 2. The highest BCUT2D eigenvalue weighted by atomic mass is 35.5. The van der Waals surface area contributed by atoms with Gasteiger partial charge in [0.2, 0.25) is 0 Å². The molecule has 1 amide bonds. The number of nitrogens with zero attached hydrogens (tertiary/aromatic N) is 1. The van der Waals surface area contributed by atoms with Crippen molar-refractivity contribution in [3.8, 4) is 11.8 Å². The van der Waals surface area contributed by atoms with Gasteiger partial charge in [0.05, 0.1) is 10.6 Å². The lowest BCUT2D eigenvalue weighted by Crippen LogP contribution is -2.23. The SMILES string of the molecule is Cc1ccc(Cl)c(OCC(=O)OCC(=O)Nc2sc3c(c2C#N)CCC3)c1. The predicted molar refractivity (Wildman–Crippen MR) is 102 cm³/mol. The second-order valence-corrected chi connectivity index (χ2v) is 7.62. The normalized spacial score (nSPS) is 12.2. The van der Waals surface area contributed by atoms with Crippen LogP contribution < -0.4 is 10.1 Å². The number of thiophene rings is 1. The Bertz CT molecular complexity index is 933. The average molecular weight is 405 g/mol. The molecular formula is C19H17ClN2O4S. The minimum atomic E-state index is -0.683. The maximum atomic E-state index is 12.0. The van der Waals surface area contributed by atoms with Crippen molar-refractivity contribution in [2.45, 2.75) is 26.2 Å². The van der Waals surface area contributed by atoms with E-state index in [1.54, 1.807) is 12.1 Å². The summed E-state index contributed by atoms with van der Waals surface area (Å²) in [6.45, 7) is 1.08. The molecule has 0 bridgehead atoms. The lowest BCUT2D eigenvalue weighted by molar-refractivity contribution is -0.149. The van der Waals surface area contributed by atoms with Crippen LogP contribution in [0.4, 0.5) is 5.00 Å². The molecule has 0 aliphatic heterocycles. The van der Waals surface area contributed by atoms with E-state index < -0.39 is 18.5 Å². The zero-order valence-corrected chi connectivity index (χ0v) is 16.2. The summed E-state index contributed by atoms with van der Waals surface area (Å²) < 4.78 is 10.2. The fourth-order valence-corrected chi connectivity index (χ4v) is 4.25. The Morgan fingerprint density at radius 2 is 2.15 bits per heavy atom. The Hall–Kier alpha value is -2.56. The van der Waals surface area contributed by atoms with Gasteiger partial charge in [0, 0.05) is 4.88 Å². The van der Waals surface area contributed by atoms with Crippen LogP contribution in [0.3, 0.4) is 0 Å². The van der Waals surface area contributed by atoms with Crippen LogP contribution in [0.5, 0.6) is 5.75 Å². The molecule has 0 fully saturated rings. The van der Waals surface area contributed by atoms with E-state index in [1.165, 1.54) is 11.3 Å². The van der Waals surface area contributed by atoms with Gasteiger partial charge in [-0.2, -0.15) is 5.26 Å². The first-order valence-corrected chi connectivity index (χ1v) is 9.56. The lowest BCUT2D eigenvalue weighted by Gasteiger charge is -2.09. The number of rotatable bonds is 6. The molecule has 0 radical (unpaired) electrons. The van der Waals surface area contributed by atoms with Gasteiger partial charge in [0.25, 0.3) is 5.91 Å². The molecule has 1 N–H and O–H groups in total. The summed E-state index contributed by atoms with van der Waals surface area (Å²) in [5, 5.41) is 12.9. The fourth-order valence-electron chi connectivity index (χ4n) is 2.82. The van der Waals surface area contributed by atoms with Crippen LogP contribution in [0.2, 0.25) is 5.02 Å². The van der Waals surface area contributed by atoms with E-state index in [2.05, 4.69) is 11.4 Å². The standard InChI is InChI=1S/C19H17ClN2O4S/c1-11-5-6-14(20)15(7-11)25-10-18(24)26-9-17(23)22-19-13(8-21)12-3-2-4-16(12)27-19/h5-7H,2-4,9-10H2,1H3,(H,22,23). The summed E-state index contributed by atoms with van der Waals surface area (Å²) in [7, 11) is 0. The Labute approximate surface area is 165 Å². The summed E-state index contributed by atoms with van der Waals surface area (Å²) in [6.07, 6.45) is 2.82. The van der Waals surface area contributed by atoms with Gasteiger partial charge in [-0.15, -0.1) is 11.3 Å². The number of nitrogens with one attached hydrogen (secondary N) is 1. The molecule has 1 aromatic heterocycles. The van der Waals surface area contributed by atoms with E-state index in [0.29, 0.717) is 21.3 Å². The molecule has 140 valence electrons. The number of hydrogen-bond donors (Lipinski definition) is 1. The van der Waals surface area contributed by atoms with Crippen molar-refractivity contribution < 1.29 is 19.1 Å². The molecule has 0 unspecified atom stereocenters. The summed E-state index contributed by atoms with van der Waals surface area (Å²) in [5.41, 5.74) is 2.49. The summed E-state index contributed by atoms with van der Waals surface area (Å²) in [6, 6.07) is 7.36. The molecule has 1 aliphatic carbocycles. The van der Waals surface area contributed by atoms with Crippen molar-refractivity contribution in [1.82, 2.24) is 0 Å². The zero-order valence-electron chi connectivity index (χ0n) is 14.6. The van der Waals surface area contributed by atoms with Gasteiger partial charge in [-0.25, -0.2) is 4.79 Å². The molecule has 1 aliphatic rings. The van der Waals surface area contributed by atoms with E-state index in [4.69, 9.17) is 21.1 Å². The molecular weight excluding hydrogens is 388 g/mol. The number of benzene rings is 1. The van der Waals surface area contributed by atoms with Crippen LogP contribution in [0.15, 0.2) is 18.2 Å². The third kappa shape index (κ3) is 4.59. The number of carbonyl (C=O) groups excluding carboxylic acids is 2. The average Bonchev–Trinajstić information content (AvgIpc) is 3.21. The Kier molecular flexibility index (Phi) is 5.99. The van der Waals surface area contributed by atoms with Gasteiger partial charge in [-0.3, -0.25) is 4.79 Å². The molecule has 0 atom stereocenters. The molecule has 3 rings (SSSR count). The quantitative estimate of drug-likeness (QED) is 0.742. The summed E-state index contributed by atoms with van der Waals surface area (Å²) in [5.74, 6) is -0.796. The second-order valence-electron chi connectivity index (χ2n) is 6.10. The van der Waals surface area contributed by atoms with E-state index in [9.17, 15) is 14.9 Å². The smallest absolute Gasteiger partial charge is 0.344 e. The number of amides is 1. The molecule has 0 spiro atoms. The van der Waals surface area contributed by atoms with Crippen molar-refractivity contribution in [3.63, 3.8) is 0 Å². The van der Waals surface area contributed by atoms with Crippen LogP contribution in [0, 0.1) is 18.3 Å². The number of aryl methyl sites for hydroxylation is 2. The molecule has 2 aromatic rings. The van der Waals surface area contributed by atoms with Crippen molar-refractivity contribution >= 4 is 39.8 Å². The van der Waals surface area contributed by atoms with Gasteiger partial charge in [0.1, 0.15) is 16.8 Å². The van der Waals surface area contributed by atoms with Crippen LogP contribution in [0.1, 0.15) is 28.0 Å². The highest BCUT2D eigenvalue weighted by molar-refractivity contribution is 7.16. The summed E-state index contributed by atoms with van der Waals surface area (Å²) >= 11 is 7.40. The monoisotopic (exact) mass is 404 g/mol. The van der Waals surface area contributed by atoms with Crippen LogP contribution in [-0.4, -0.2) is 25.1 Å². The third-order valence-corrected chi connectivity index (χ3v) is 5.60. The fraction of sp³-hybridized carbons (Fsp3) is 0.316. The highest BCUT2D eigenvalue weighted by Crippen LogP contribution is 2.38. The number of nitriles is 1. The number of anilines is 1. The molecule has 1 heterocycles. The lowest BCUT2D eigenvalue weighted by atomic mass is 10.1. The van der Waals surface area contributed by atoms with Crippen LogP contribution in [-0.2, 0) is 27.2 Å². The number of esters is 1. The Balaban J connectivity index is 1.49. The first kappa shape index (κ1) is 19.2. The van der Waals surface area contributed by atoms with E-state index >= 15 is 0 Å². The molecule has 0 saturated heterocycles. The van der Waals surface area contributed by atoms with Gasteiger partial charge >= 0.3 is 5.97 Å². The maximum Gasteiger partial charge on any atom is 0.344 e. The molecule has 27 heavy (non-hydrogen) atoms. The largest absolute Gasteiger partial charge is 0.480 e. The van der Waals surface area contributed by atoms with Crippen LogP contribution >= 0.6 is 22.9 Å². The number of halogens is 1. The van der Waals surface area contributed by atoms with Crippen molar-refractivity contribution in [1.29, 1.82) is 5.26 Å². The van der Waals surface area contributed by atoms with Gasteiger partial charge in [-0.1, -0.05) is 17.7 Å². The van der Waals surface area contributed by atoms with E-state index in [-0.39, 0.29) is 6.61 Å². The number of hydrogen-bond acceptors (Lipinski definition) is 6. The van der Waals surface area contributed by atoms with Gasteiger partial charge in [0.15, 0.2) is 13.2 Å². The first-order valence-electron chi connectivity index (χ1n) is 8.37. The van der Waals surface area contributed by atoms with Crippen LogP contribution in [0.25, 0.3) is 0 Å². The predicted octanol–water partition coefficient (Wildman–Crippen LogP) is 3.63. The number of carbonyl (C=O) groups is 2. The maximum absolute atomic E-state index is 12.0. The molecule has 8 heteroatoms. The summed E-state index contributed by atoms with van der Waals surface area (Å²) in [4.78, 5) is 25.0.